The predicted molar refractivity (Wildman–Crippen MR) is 125 cm³/mol. The Balaban J connectivity index is 0.000000427. The number of amides is 2. The summed E-state index contributed by atoms with van der Waals surface area (Å²) in [6, 6.07) is 1.12. The van der Waals surface area contributed by atoms with Gasteiger partial charge in [0, 0.05) is 19.3 Å². The van der Waals surface area contributed by atoms with Crippen LogP contribution in [0.15, 0.2) is 29.2 Å². The van der Waals surface area contributed by atoms with Gasteiger partial charge in [0.25, 0.3) is 5.91 Å². The first-order valence-corrected chi connectivity index (χ1v) is 12.1. The third-order valence-corrected chi connectivity index (χ3v) is 5.91. The van der Waals surface area contributed by atoms with Crippen molar-refractivity contribution in [3.05, 3.63) is 47.2 Å². The summed E-state index contributed by atoms with van der Waals surface area (Å²) >= 11 is 0. The predicted octanol–water partition coefficient (Wildman–Crippen LogP) is 5.06. The molecule has 2 N–H and O–H groups in total. The van der Waals surface area contributed by atoms with Crippen LogP contribution in [0.5, 0.6) is 0 Å². The Hall–Kier alpha value is -3.58. The lowest BCUT2D eigenvalue weighted by Crippen LogP contribution is -2.28. The van der Waals surface area contributed by atoms with Crippen molar-refractivity contribution in [2.75, 3.05) is 0 Å². The summed E-state index contributed by atoms with van der Waals surface area (Å²) in [5.41, 5.74) is 2.40. The molecule has 0 aliphatic heterocycles. The van der Waals surface area contributed by atoms with Crippen molar-refractivity contribution in [1.82, 2.24) is 30.4 Å². The number of carbonyl (C=O) groups is 2. The summed E-state index contributed by atoms with van der Waals surface area (Å²) in [7, 11) is 0. The van der Waals surface area contributed by atoms with Gasteiger partial charge in [0.05, 0.1) is 42.8 Å². The maximum absolute atomic E-state index is 12.2. The topological polar surface area (TPSA) is 114 Å². The third-order valence-electron chi connectivity index (χ3n) is 5.91. The van der Waals surface area contributed by atoms with Crippen LogP contribution in [0.2, 0.25) is 0 Å². The van der Waals surface area contributed by atoms with Crippen LogP contribution in [-0.4, -0.2) is 43.7 Å². The summed E-state index contributed by atoms with van der Waals surface area (Å²) in [4.78, 5) is 28.2. The molecular weight excluding hydrogens is 515 g/mol. The van der Waals surface area contributed by atoms with E-state index in [0.717, 1.165) is 6.42 Å². The lowest BCUT2D eigenvalue weighted by atomic mass is 9.97. The van der Waals surface area contributed by atoms with Crippen molar-refractivity contribution in [2.24, 2.45) is 0 Å². The zero-order chi connectivity index (χ0) is 27.9. The van der Waals surface area contributed by atoms with E-state index in [0.29, 0.717) is 41.0 Å². The molecule has 1 aliphatic carbocycles. The Kier molecular flexibility index (Phi) is 9.39. The van der Waals surface area contributed by atoms with E-state index >= 15 is 0 Å². The van der Waals surface area contributed by atoms with E-state index in [1.54, 1.807) is 26.1 Å². The van der Waals surface area contributed by atoms with E-state index in [1.807, 2.05) is 0 Å². The van der Waals surface area contributed by atoms with Gasteiger partial charge >= 0.3 is 6.18 Å². The summed E-state index contributed by atoms with van der Waals surface area (Å²) < 4.78 is 67.3. The highest BCUT2D eigenvalue weighted by molar-refractivity contribution is 5.94. The average molecular weight is 545 g/mol. The number of fused-ring (bicyclic) bond motifs is 1. The van der Waals surface area contributed by atoms with Crippen LogP contribution in [-0.2, 0) is 11.3 Å². The normalized spacial score (nSPS) is 15.9. The molecule has 1 fully saturated rings. The first kappa shape index (κ1) is 29.0. The summed E-state index contributed by atoms with van der Waals surface area (Å²) in [6.07, 6.45) is 0.853. The van der Waals surface area contributed by atoms with E-state index in [9.17, 15) is 31.5 Å². The van der Waals surface area contributed by atoms with Gasteiger partial charge in [-0.3, -0.25) is 9.59 Å². The van der Waals surface area contributed by atoms with E-state index in [4.69, 9.17) is 4.52 Å². The molecule has 1 saturated carbocycles. The maximum atomic E-state index is 12.2. The van der Waals surface area contributed by atoms with Gasteiger partial charge in [-0.1, -0.05) is 11.6 Å². The number of hydrogen-bond acceptors (Lipinski definition) is 6. The fourth-order valence-corrected chi connectivity index (χ4v) is 3.76. The van der Waals surface area contributed by atoms with E-state index < -0.39 is 36.9 Å². The van der Waals surface area contributed by atoms with Gasteiger partial charge in [0.15, 0.2) is 5.65 Å². The Bertz CT molecular complexity index is 1230. The molecule has 0 radical (unpaired) electrons. The molecule has 2 amide bonds. The maximum Gasteiger partial charge on any atom is 0.389 e. The number of halogens is 5. The summed E-state index contributed by atoms with van der Waals surface area (Å²) in [6.45, 7) is 3.44. The van der Waals surface area contributed by atoms with Gasteiger partial charge in [-0.05, 0) is 38.3 Å². The number of nitrogens with zero attached hydrogens (tertiary/aromatic N) is 4. The van der Waals surface area contributed by atoms with Crippen molar-refractivity contribution in [1.29, 1.82) is 0 Å². The van der Waals surface area contributed by atoms with E-state index in [2.05, 4.69) is 25.9 Å². The molecule has 14 heteroatoms. The molecule has 4 rings (SSSR count). The number of nitrogens with one attached hydrogen (secondary N) is 2. The second-order valence-electron chi connectivity index (χ2n) is 9.14. The Morgan fingerprint density at radius 2 is 1.92 bits per heavy atom. The van der Waals surface area contributed by atoms with Gasteiger partial charge in [-0.2, -0.15) is 18.3 Å². The summed E-state index contributed by atoms with van der Waals surface area (Å²) in [5, 5.41) is 13.1. The first-order chi connectivity index (χ1) is 17.8. The quantitative estimate of drug-likeness (QED) is 0.402. The molecule has 0 bridgehead atoms. The van der Waals surface area contributed by atoms with Gasteiger partial charge in [-0.15, -0.1) is 0 Å². The van der Waals surface area contributed by atoms with E-state index in [1.165, 1.54) is 17.0 Å². The highest BCUT2D eigenvalue weighted by atomic mass is 19.4. The smallest absolute Gasteiger partial charge is 0.364 e. The molecule has 1 atom stereocenters. The zero-order valence-corrected chi connectivity index (χ0v) is 20.9. The molecule has 9 nitrogen and oxygen atoms in total. The van der Waals surface area contributed by atoms with Crippen molar-refractivity contribution in [3.8, 4) is 0 Å². The molecule has 208 valence electrons. The van der Waals surface area contributed by atoms with Gasteiger partial charge in [0.1, 0.15) is 11.8 Å². The molecule has 3 aromatic heterocycles. The van der Waals surface area contributed by atoms with Crippen molar-refractivity contribution >= 4 is 17.5 Å². The number of rotatable bonds is 7. The van der Waals surface area contributed by atoms with Gasteiger partial charge in [-0.25, -0.2) is 18.3 Å². The fourth-order valence-electron chi connectivity index (χ4n) is 3.76. The number of imidazole rings is 1. The largest absolute Gasteiger partial charge is 0.389 e. The molecule has 38 heavy (non-hydrogen) atoms. The van der Waals surface area contributed by atoms with Crippen LogP contribution in [0.3, 0.4) is 0 Å². The van der Waals surface area contributed by atoms with Crippen LogP contribution in [0, 0.1) is 6.92 Å². The Labute approximate surface area is 215 Å². The summed E-state index contributed by atoms with van der Waals surface area (Å²) in [5.74, 6) is -3.37. The molecular formula is C24H29F5N6O3. The molecule has 0 saturated heterocycles. The highest BCUT2D eigenvalue weighted by Gasteiger charge is 2.30. The Morgan fingerprint density at radius 3 is 2.50 bits per heavy atom. The zero-order valence-electron chi connectivity index (χ0n) is 20.9. The molecule has 3 aromatic rings. The molecule has 3 heterocycles. The van der Waals surface area contributed by atoms with Gasteiger partial charge in [0.2, 0.25) is 11.8 Å². The van der Waals surface area contributed by atoms with Crippen molar-refractivity contribution < 1.29 is 36.1 Å². The monoisotopic (exact) mass is 544 g/mol. The van der Waals surface area contributed by atoms with Crippen LogP contribution < -0.4 is 10.6 Å². The average Bonchev–Trinajstić information content (AvgIpc) is 3.46. The van der Waals surface area contributed by atoms with Crippen LogP contribution >= 0.6 is 0 Å². The third kappa shape index (κ3) is 8.77. The van der Waals surface area contributed by atoms with Crippen LogP contribution in [0.4, 0.5) is 22.0 Å². The minimum absolute atomic E-state index is 0.118. The van der Waals surface area contributed by atoms with E-state index in [-0.39, 0.29) is 25.3 Å². The number of carbonyl (C=O) groups excluding carboxylic acids is 2. The second kappa shape index (κ2) is 12.3. The SMILES string of the molecule is Cc1nocc1C(=O)NCc1cn2ncc(C(C)NC(=O)CCC(F)(F)F)cc2n1.FC1(F)CCCCC1. The lowest BCUT2D eigenvalue weighted by Gasteiger charge is -2.20. The minimum Gasteiger partial charge on any atom is -0.364 e. The van der Waals surface area contributed by atoms with Crippen LogP contribution in [0.25, 0.3) is 5.65 Å². The first-order valence-electron chi connectivity index (χ1n) is 12.1. The lowest BCUT2D eigenvalue weighted by molar-refractivity contribution is -0.144. The molecule has 0 spiro atoms. The van der Waals surface area contributed by atoms with Crippen molar-refractivity contribution in [2.45, 2.75) is 83.5 Å². The minimum atomic E-state index is -4.38. The molecule has 0 aromatic carbocycles. The molecule has 1 aliphatic rings. The highest BCUT2D eigenvalue weighted by Crippen LogP contribution is 2.32. The fraction of sp³-hybridized carbons (Fsp3) is 0.542. The number of alkyl halides is 5. The molecule has 1 unspecified atom stereocenters. The standard InChI is InChI=1S/C18H19F3N6O3.C6H10F2/c1-10(24-16(28)3-4-18(19,20)21)12-5-15-25-13(8-27(15)23-6-12)7-22-17(29)14-9-30-26-11(14)2;7-6(8)4-2-1-3-5-6/h5-6,8-10H,3-4,7H2,1-2H3,(H,22,29)(H,24,28);1-5H2. The van der Waals surface area contributed by atoms with Crippen molar-refractivity contribution in [3.63, 3.8) is 0 Å². The van der Waals surface area contributed by atoms with Gasteiger partial charge < -0.3 is 15.2 Å². The second-order valence-corrected chi connectivity index (χ2v) is 9.14. The van der Waals surface area contributed by atoms with Crippen LogP contribution in [0.1, 0.15) is 85.2 Å². The number of aryl methyl sites for hydroxylation is 1. The Morgan fingerprint density at radius 1 is 1.21 bits per heavy atom. The number of hydrogen-bond donors (Lipinski definition) is 2. The number of aromatic nitrogens is 4.